The zero-order valence-corrected chi connectivity index (χ0v) is 20.5. The number of imide groups is 1. The van der Waals surface area contributed by atoms with Crippen molar-refractivity contribution in [3.63, 3.8) is 0 Å². The van der Waals surface area contributed by atoms with Crippen LogP contribution in [-0.4, -0.2) is 65.0 Å². The number of nitrogens with one attached hydrogen (secondary N) is 1. The van der Waals surface area contributed by atoms with Crippen molar-refractivity contribution >= 4 is 34.9 Å². The van der Waals surface area contributed by atoms with Crippen molar-refractivity contribution in [1.29, 1.82) is 0 Å². The Labute approximate surface area is 204 Å². The summed E-state index contributed by atoms with van der Waals surface area (Å²) in [6, 6.07) is 12.1. The molecule has 3 aliphatic rings. The third-order valence-electron chi connectivity index (χ3n) is 7.19. The lowest BCUT2D eigenvalue weighted by Gasteiger charge is -2.36. The molecule has 2 aromatic rings. The maximum Gasteiger partial charge on any atom is 0.326 e. The second-order valence-corrected chi connectivity index (χ2v) is 11.0. The van der Waals surface area contributed by atoms with E-state index in [4.69, 9.17) is 11.6 Å². The summed E-state index contributed by atoms with van der Waals surface area (Å²) in [6.07, 6.45) is 5.88. The SMILES string of the molecule is O=C1NC2(CCCCCC2)C(=O)N1CN1CCN(Cc2ccc(-c3ccccc3Cl)s2)CC1. The summed E-state index contributed by atoms with van der Waals surface area (Å²) >= 11 is 8.15. The Bertz CT molecular complexity index is 1010. The molecule has 0 bridgehead atoms. The molecule has 5 rings (SSSR count). The molecule has 0 radical (unpaired) electrons. The molecule has 2 aliphatic heterocycles. The van der Waals surface area contributed by atoms with E-state index < -0.39 is 5.54 Å². The van der Waals surface area contributed by atoms with Gasteiger partial charge >= 0.3 is 6.03 Å². The summed E-state index contributed by atoms with van der Waals surface area (Å²) in [6.45, 7) is 4.87. The number of thiophene rings is 1. The van der Waals surface area contributed by atoms with E-state index in [0.717, 1.165) is 81.8 Å². The van der Waals surface area contributed by atoms with Crippen LogP contribution < -0.4 is 5.32 Å². The molecule has 1 spiro atoms. The van der Waals surface area contributed by atoms with Gasteiger partial charge < -0.3 is 5.32 Å². The Hall–Kier alpha value is -1.93. The van der Waals surface area contributed by atoms with E-state index in [1.165, 1.54) is 14.7 Å². The van der Waals surface area contributed by atoms with Crippen LogP contribution in [0.25, 0.3) is 10.4 Å². The number of rotatable bonds is 5. The fraction of sp³-hybridized carbons (Fsp3) is 0.520. The minimum absolute atomic E-state index is 0.0116. The van der Waals surface area contributed by atoms with E-state index in [9.17, 15) is 9.59 Å². The highest BCUT2D eigenvalue weighted by atomic mass is 35.5. The summed E-state index contributed by atoms with van der Waals surface area (Å²) in [5.74, 6) is -0.0116. The Morgan fingerprint density at radius 3 is 2.33 bits per heavy atom. The number of amides is 3. The number of nitrogens with zero attached hydrogens (tertiary/aromatic N) is 3. The van der Waals surface area contributed by atoms with Gasteiger partial charge in [0.15, 0.2) is 0 Å². The predicted molar refractivity (Wildman–Crippen MR) is 132 cm³/mol. The van der Waals surface area contributed by atoms with Gasteiger partial charge in [-0.2, -0.15) is 0 Å². The number of hydrogen-bond donors (Lipinski definition) is 1. The zero-order valence-electron chi connectivity index (χ0n) is 18.9. The topological polar surface area (TPSA) is 55.9 Å². The molecule has 0 unspecified atom stereocenters. The molecular formula is C25H31ClN4O2S. The monoisotopic (exact) mass is 486 g/mol. The number of carbonyl (C=O) groups excluding carboxylic acids is 2. The molecule has 3 heterocycles. The van der Waals surface area contributed by atoms with Crippen molar-refractivity contribution in [2.75, 3.05) is 32.8 Å². The highest BCUT2D eigenvalue weighted by molar-refractivity contribution is 7.15. The van der Waals surface area contributed by atoms with Gasteiger partial charge in [-0.3, -0.25) is 14.6 Å². The molecule has 1 N–H and O–H groups in total. The van der Waals surface area contributed by atoms with Gasteiger partial charge in [0.25, 0.3) is 5.91 Å². The largest absolute Gasteiger partial charge is 0.326 e. The van der Waals surface area contributed by atoms with Crippen LogP contribution in [0, 0.1) is 0 Å². The van der Waals surface area contributed by atoms with Gasteiger partial charge in [0.2, 0.25) is 0 Å². The van der Waals surface area contributed by atoms with Gasteiger partial charge in [0, 0.05) is 53.1 Å². The molecule has 176 valence electrons. The van der Waals surface area contributed by atoms with Gasteiger partial charge in [0.05, 0.1) is 6.67 Å². The molecule has 1 aromatic carbocycles. The number of benzene rings is 1. The maximum atomic E-state index is 13.2. The first kappa shape index (κ1) is 22.8. The number of piperazine rings is 1. The van der Waals surface area contributed by atoms with Crippen LogP contribution in [0.1, 0.15) is 43.4 Å². The number of carbonyl (C=O) groups is 2. The van der Waals surface area contributed by atoms with Crippen molar-refractivity contribution in [2.24, 2.45) is 0 Å². The van der Waals surface area contributed by atoms with Crippen LogP contribution in [0.2, 0.25) is 5.02 Å². The first-order valence-electron chi connectivity index (χ1n) is 12.0. The van der Waals surface area contributed by atoms with Gasteiger partial charge in [-0.25, -0.2) is 9.69 Å². The molecule has 6 nitrogen and oxygen atoms in total. The van der Waals surface area contributed by atoms with E-state index >= 15 is 0 Å². The summed E-state index contributed by atoms with van der Waals surface area (Å²) < 4.78 is 0. The van der Waals surface area contributed by atoms with Crippen LogP contribution in [-0.2, 0) is 11.3 Å². The summed E-state index contributed by atoms with van der Waals surface area (Å²) in [5.41, 5.74) is 0.439. The molecule has 3 fully saturated rings. The van der Waals surface area contributed by atoms with E-state index in [0.29, 0.717) is 6.67 Å². The minimum Gasteiger partial charge on any atom is -0.323 e. The van der Waals surface area contributed by atoms with E-state index in [1.807, 2.05) is 18.2 Å². The first-order valence-corrected chi connectivity index (χ1v) is 13.2. The Balaban J connectivity index is 1.14. The van der Waals surface area contributed by atoms with Crippen molar-refractivity contribution in [3.05, 3.63) is 46.3 Å². The highest BCUT2D eigenvalue weighted by Gasteiger charge is 2.51. The van der Waals surface area contributed by atoms with Crippen LogP contribution >= 0.6 is 22.9 Å². The van der Waals surface area contributed by atoms with Crippen molar-refractivity contribution in [3.8, 4) is 10.4 Å². The molecular weight excluding hydrogens is 456 g/mol. The zero-order chi connectivity index (χ0) is 22.8. The number of urea groups is 1. The molecule has 33 heavy (non-hydrogen) atoms. The summed E-state index contributed by atoms with van der Waals surface area (Å²) in [5, 5.41) is 3.84. The van der Waals surface area contributed by atoms with Gasteiger partial charge in [0.1, 0.15) is 5.54 Å². The van der Waals surface area contributed by atoms with E-state index in [-0.39, 0.29) is 11.9 Å². The first-order chi connectivity index (χ1) is 16.0. The van der Waals surface area contributed by atoms with Gasteiger partial charge in [-0.15, -0.1) is 11.3 Å². The lowest BCUT2D eigenvalue weighted by molar-refractivity contribution is -0.133. The quantitative estimate of drug-likeness (QED) is 0.617. The van der Waals surface area contributed by atoms with Crippen LogP contribution in [0.15, 0.2) is 36.4 Å². The Morgan fingerprint density at radius 1 is 0.909 bits per heavy atom. The molecule has 2 saturated heterocycles. The molecule has 1 aliphatic carbocycles. The highest BCUT2D eigenvalue weighted by Crippen LogP contribution is 2.34. The van der Waals surface area contributed by atoms with Crippen LogP contribution in [0.4, 0.5) is 4.79 Å². The fourth-order valence-electron chi connectivity index (χ4n) is 5.25. The number of hydrogen-bond acceptors (Lipinski definition) is 5. The predicted octanol–water partition coefficient (Wildman–Crippen LogP) is 4.79. The standard InChI is InChI=1S/C25H31ClN4O2S/c26-21-8-4-3-7-20(21)22-10-9-19(33-22)17-28-13-15-29(16-14-28)18-30-23(31)25(27-24(30)32)11-5-1-2-6-12-25/h3-4,7-10H,1-2,5-6,11-18H2,(H,27,32). The van der Waals surface area contributed by atoms with E-state index in [1.54, 1.807) is 11.3 Å². The second-order valence-electron chi connectivity index (χ2n) is 9.44. The normalized spacial score (nSPS) is 22.0. The maximum absolute atomic E-state index is 13.2. The molecule has 0 atom stereocenters. The van der Waals surface area contributed by atoms with Crippen molar-refractivity contribution in [1.82, 2.24) is 20.0 Å². The molecule has 1 saturated carbocycles. The smallest absolute Gasteiger partial charge is 0.323 e. The molecule has 3 amide bonds. The Kier molecular flexibility index (Phi) is 6.74. The van der Waals surface area contributed by atoms with Gasteiger partial charge in [-0.05, 0) is 31.0 Å². The van der Waals surface area contributed by atoms with Crippen molar-refractivity contribution < 1.29 is 9.59 Å². The van der Waals surface area contributed by atoms with Crippen LogP contribution in [0.5, 0.6) is 0 Å². The summed E-state index contributed by atoms with van der Waals surface area (Å²) in [4.78, 5) is 34.4. The third kappa shape index (κ3) is 4.83. The lowest BCUT2D eigenvalue weighted by atomic mass is 9.90. The molecule has 8 heteroatoms. The summed E-state index contributed by atoms with van der Waals surface area (Å²) in [7, 11) is 0. The van der Waals surface area contributed by atoms with Crippen molar-refractivity contribution in [2.45, 2.75) is 50.6 Å². The molecule has 1 aromatic heterocycles. The second kappa shape index (κ2) is 9.74. The van der Waals surface area contributed by atoms with Crippen LogP contribution in [0.3, 0.4) is 0 Å². The average molecular weight is 487 g/mol. The lowest BCUT2D eigenvalue weighted by Crippen LogP contribution is -2.51. The average Bonchev–Trinajstić information content (AvgIpc) is 3.25. The van der Waals surface area contributed by atoms with E-state index in [2.05, 4.69) is 33.3 Å². The minimum atomic E-state index is -0.645. The number of halogens is 1. The Morgan fingerprint density at radius 2 is 1.61 bits per heavy atom. The van der Waals surface area contributed by atoms with Gasteiger partial charge in [-0.1, -0.05) is 55.5 Å². The third-order valence-corrected chi connectivity index (χ3v) is 8.62. The fourth-order valence-corrected chi connectivity index (χ4v) is 6.64.